The largest absolute Gasteiger partial charge is 0.306 e. The highest BCUT2D eigenvalue weighted by Crippen LogP contribution is 2.24. The Labute approximate surface area is 148 Å². The molecule has 3 rings (SSSR count). The molecule has 0 spiro atoms. The van der Waals surface area contributed by atoms with Crippen molar-refractivity contribution in [1.82, 2.24) is 0 Å². The van der Waals surface area contributed by atoms with Gasteiger partial charge in [-0.1, -0.05) is 60.7 Å². The van der Waals surface area contributed by atoms with Crippen LogP contribution >= 0.6 is 0 Å². The number of hydrogen-bond donors (Lipinski definition) is 0. The fourth-order valence-electron chi connectivity index (χ4n) is 2.38. The van der Waals surface area contributed by atoms with Crippen molar-refractivity contribution in [2.45, 2.75) is 12.2 Å². The van der Waals surface area contributed by atoms with E-state index in [1.165, 1.54) is 0 Å². The van der Waals surface area contributed by atoms with Gasteiger partial charge in [0.15, 0.2) is 0 Å². The fraction of sp³-hybridized carbons (Fsp3) is 0.125. The maximum Gasteiger partial charge on any atom is 0.306 e. The van der Waals surface area contributed by atoms with E-state index < -0.39 is 23.6 Å². The molecule has 1 saturated heterocycles. The first kappa shape index (κ1) is 17.1. The Balaban J connectivity index is 2.02. The van der Waals surface area contributed by atoms with Crippen LogP contribution in [0.25, 0.3) is 0 Å². The van der Waals surface area contributed by atoms with Gasteiger partial charge < -0.3 is 0 Å². The summed E-state index contributed by atoms with van der Waals surface area (Å²) in [6, 6.07) is 17.8. The second-order valence-corrected chi connectivity index (χ2v) is 6.87. The van der Waals surface area contributed by atoms with Crippen molar-refractivity contribution in [3.63, 3.8) is 0 Å². The number of benzene rings is 2. The van der Waals surface area contributed by atoms with Crippen LogP contribution in [0.4, 0.5) is 0 Å². The van der Waals surface area contributed by atoms with Crippen molar-refractivity contribution >= 4 is 43.6 Å². The molecule has 1 aliphatic heterocycles. The number of hydrogen-bond acceptors (Lipinski definition) is 5. The monoisotopic (exact) mass is 380 g/mol. The molecule has 0 amide bonds. The first-order valence-corrected chi connectivity index (χ1v) is 9.43. The molecule has 0 aliphatic carbocycles. The standard InChI is InChI=1S/C16H12O5S3/c17-22-15(11-7-3-1-4-8-11)13-14(21-24(19)20-13)16(23-18)12-9-5-2-6-10-12/h1-10,13-14H. The Bertz CT molecular complexity index is 784. The van der Waals surface area contributed by atoms with Gasteiger partial charge >= 0.3 is 11.4 Å². The zero-order chi connectivity index (χ0) is 16.9. The molecule has 0 bridgehead atoms. The van der Waals surface area contributed by atoms with Gasteiger partial charge in [0.1, 0.15) is 12.2 Å². The SMILES string of the molecule is O=S=C(c1ccccc1)C1OS(=O)OC1C(=S=O)c1ccccc1. The second kappa shape index (κ2) is 7.91. The van der Waals surface area contributed by atoms with E-state index >= 15 is 0 Å². The maximum absolute atomic E-state index is 11.8. The molecule has 2 unspecified atom stereocenters. The van der Waals surface area contributed by atoms with Crippen LogP contribution in [0.5, 0.6) is 0 Å². The van der Waals surface area contributed by atoms with Crippen LogP contribution in [0, 0.1) is 0 Å². The van der Waals surface area contributed by atoms with Gasteiger partial charge in [-0.3, -0.25) is 8.37 Å². The molecule has 1 heterocycles. The van der Waals surface area contributed by atoms with Crippen molar-refractivity contribution in [3.8, 4) is 0 Å². The highest BCUT2D eigenvalue weighted by atomic mass is 32.2. The Morgan fingerprint density at radius 2 is 1.12 bits per heavy atom. The Kier molecular flexibility index (Phi) is 5.64. The molecular formula is C16H12O5S3. The van der Waals surface area contributed by atoms with Gasteiger partial charge in [0, 0.05) is 0 Å². The zero-order valence-corrected chi connectivity index (χ0v) is 14.6. The lowest BCUT2D eigenvalue weighted by molar-refractivity contribution is 0.271. The summed E-state index contributed by atoms with van der Waals surface area (Å²) in [5.41, 5.74) is 1.30. The summed E-state index contributed by atoms with van der Waals surface area (Å²) >= 11 is -1.52. The molecular weight excluding hydrogens is 368 g/mol. The van der Waals surface area contributed by atoms with E-state index in [9.17, 15) is 12.6 Å². The van der Waals surface area contributed by atoms with Crippen LogP contribution in [-0.4, -0.2) is 34.6 Å². The van der Waals surface area contributed by atoms with Crippen molar-refractivity contribution in [3.05, 3.63) is 71.8 Å². The van der Waals surface area contributed by atoms with Gasteiger partial charge in [-0.15, -0.1) is 0 Å². The van der Waals surface area contributed by atoms with Crippen LogP contribution < -0.4 is 0 Å². The molecule has 8 heteroatoms. The third-order valence-electron chi connectivity index (χ3n) is 3.45. The molecule has 24 heavy (non-hydrogen) atoms. The highest BCUT2D eigenvalue weighted by Gasteiger charge is 2.42. The highest BCUT2D eigenvalue weighted by molar-refractivity contribution is 7.75. The molecule has 0 N–H and O–H groups in total. The third-order valence-corrected chi connectivity index (χ3v) is 5.48. The molecule has 0 saturated carbocycles. The lowest BCUT2D eigenvalue weighted by atomic mass is 9.98. The quantitative estimate of drug-likeness (QED) is 0.589. The molecule has 2 aromatic carbocycles. The lowest BCUT2D eigenvalue weighted by Gasteiger charge is -2.16. The zero-order valence-electron chi connectivity index (χ0n) is 12.2. The van der Waals surface area contributed by atoms with Gasteiger partial charge in [-0.25, -0.2) is 8.42 Å². The van der Waals surface area contributed by atoms with Gasteiger partial charge in [0.05, 0.1) is 32.2 Å². The minimum Gasteiger partial charge on any atom is -0.256 e. The average Bonchev–Trinajstić information content (AvgIpc) is 2.99. The molecule has 2 atom stereocenters. The topological polar surface area (TPSA) is 69.7 Å². The van der Waals surface area contributed by atoms with E-state index in [0.29, 0.717) is 20.9 Å². The van der Waals surface area contributed by atoms with Crippen molar-refractivity contribution in [2.75, 3.05) is 0 Å². The van der Waals surface area contributed by atoms with Gasteiger partial charge in [0.25, 0.3) is 0 Å². The van der Waals surface area contributed by atoms with Crippen LogP contribution in [0.3, 0.4) is 0 Å². The number of rotatable bonds is 4. The van der Waals surface area contributed by atoms with E-state index in [1.807, 2.05) is 12.1 Å². The predicted octanol–water partition coefficient (Wildman–Crippen LogP) is 1.22. The van der Waals surface area contributed by atoms with E-state index in [2.05, 4.69) is 0 Å². The molecule has 5 nitrogen and oxygen atoms in total. The molecule has 0 radical (unpaired) electrons. The Morgan fingerprint density at radius 3 is 1.46 bits per heavy atom. The molecule has 1 fully saturated rings. The van der Waals surface area contributed by atoms with Crippen LogP contribution in [-0.2, 0) is 42.2 Å². The van der Waals surface area contributed by atoms with Gasteiger partial charge in [0.2, 0.25) is 0 Å². The normalized spacial score (nSPS) is 22.8. The maximum atomic E-state index is 11.8. The summed E-state index contributed by atoms with van der Waals surface area (Å²) in [5, 5.41) is 0. The van der Waals surface area contributed by atoms with Crippen molar-refractivity contribution in [2.24, 2.45) is 0 Å². The summed E-state index contributed by atoms with van der Waals surface area (Å²) in [4.78, 5) is 0.655. The smallest absolute Gasteiger partial charge is 0.256 e. The van der Waals surface area contributed by atoms with Crippen molar-refractivity contribution < 1.29 is 21.0 Å². The molecule has 124 valence electrons. The minimum atomic E-state index is -2.02. The molecule has 0 aromatic heterocycles. The fourth-order valence-corrected chi connectivity index (χ4v) is 4.28. The molecule has 1 aliphatic rings. The summed E-state index contributed by atoms with van der Waals surface area (Å²) in [7, 11) is 0. The van der Waals surface area contributed by atoms with Crippen LogP contribution in [0.2, 0.25) is 0 Å². The van der Waals surface area contributed by atoms with Gasteiger partial charge in [-0.2, -0.15) is 4.21 Å². The van der Waals surface area contributed by atoms with Crippen molar-refractivity contribution in [1.29, 1.82) is 0 Å². The third kappa shape index (κ3) is 3.52. The first-order valence-electron chi connectivity index (χ1n) is 6.95. The van der Waals surface area contributed by atoms with E-state index in [1.54, 1.807) is 48.5 Å². The van der Waals surface area contributed by atoms with Crippen LogP contribution in [0.1, 0.15) is 11.1 Å². The summed E-state index contributed by atoms with van der Waals surface area (Å²) in [6.45, 7) is 0. The minimum absolute atomic E-state index is 0.252. The van der Waals surface area contributed by atoms with E-state index in [-0.39, 0.29) is 22.5 Å². The van der Waals surface area contributed by atoms with Crippen LogP contribution in [0.15, 0.2) is 60.7 Å². The Hall–Kier alpha value is -1.71. The van der Waals surface area contributed by atoms with Gasteiger partial charge in [-0.05, 0) is 11.1 Å². The molecule has 2 aromatic rings. The van der Waals surface area contributed by atoms with E-state index in [0.717, 1.165) is 0 Å². The summed E-state index contributed by atoms with van der Waals surface area (Å²) < 4.78 is 45.7. The summed E-state index contributed by atoms with van der Waals surface area (Å²) in [5.74, 6) is 0. The average molecular weight is 380 g/mol. The summed E-state index contributed by atoms with van der Waals surface area (Å²) in [6.07, 6.45) is -1.79. The Morgan fingerprint density at radius 1 is 0.750 bits per heavy atom. The predicted molar refractivity (Wildman–Crippen MR) is 95.3 cm³/mol. The lowest BCUT2D eigenvalue weighted by Crippen LogP contribution is -2.38. The van der Waals surface area contributed by atoms with E-state index in [4.69, 9.17) is 8.37 Å². The first-order chi connectivity index (χ1) is 11.7. The second-order valence-electron chi connectivity index (χ2n) is 4.86.